The molecule has 1 aromatic carbocycles. The Balaban J connectivity index is 2.74. The van der Waals surface area contributed by atoms with E-state index in [1.165, 1.54) is 0 Å². The van der Waals surface area contributed by atoms with Crippen LogP contribution in [-0.4, -0.2) is 36.4 Å². The van der Waals surface area contributed by atoms with E-state index in [2.05, 4.69) is 6.92 Å². The zero-order valence-electron chi connectivity index (χ0n) is 11.7. The molecule has 3 nitrogen and oxygen atoms in total. The van der Waals surface area contributed by atoms with E-state index >= 15 is 0 Å². The van der Waals surface area contributed by atoms with Crippen molar-refractivity contribution in [1.82, 2.24) is 4.90 Å². The number of amides is 1. The molecule has 0 unspecified atom stereocenters. The van der Waals surface area contributed by atoms with Crippen LogP contribution in [0.5, 0.6) is 5.75 Å². The SMILES string of the molecule is CCCOc1cccc(C(=O)N(CC)CCCCl)c1. The molecule has 0 aliphatic heterocycles. The molecule has 4 heteroatoms. The third-order valence-electron chi connectivity index (χ3n) is 2.78. The lowest BCUT2D eigenvalue weighted by Gasteiger charge is -2.20. The largest absolute Gasteiger partial charge is 0.494 e. The summed E-state index contributed by atoms with van der Waals surface area (Å²) < 4.78 is 5.55. The van der Waals surface area contributed by atoms with Crippen LogP contribution in [0.4, 0.5) is 0 Å². The first-order valence-corrected chi connectivity index (χ1v) is 7.34. The number of ether oxygens (including phenoxy) is 1. The van der Waals surface area contributed by atoms with Gasteiger partial charge in [0.1, 0.15) is 5.75 Å². The zero-order valence-corrected chi connectivity index (χ0v) is 12.4. The molecule has 0 atom stereocenters. The van der Waals surface area contributed by atoms with Gasteiger partial charge in [-0.25, -0.2) is 0 Å². The molecule has 0 aromatic heterocycles. The van der Waals surface area contributed by atoms with Crippen molar-refractivity contribution >= 4 is 17.5 Å². The predicted molar refractivity (Wildman–Crippen MR) is 79.1 cm³/mol. The summed E-state index contributed by atoms with van der Waals surface area (Å²) in [7, 11) is 0. The van der Waals surface area contributed by atoms with E-state index in [9.17, 15) is 4.79 Å². The first-order chi connectivity index (χ1) is 9.22. The van der Waals surface area contributed by atoms with E-state index in [1.54, 1.807) is 11.0 Å². The molecule has 1 rings (SSSR count). The van der Waals surface area contributed by atoms with Crippen LogP contribution in [0.15, 0.2) is 24.3 Å². The van der Waals surface area contributed by atoms with Crippen molar-refractivity contribution in [3.05, 3.63) is 29.8 Å². The van der Waals surface area contributed by atoms with Crippen LogP contribution in [0.2, 0.25) is 0 Å². The lowest BCUT2D eigenvalue weighted by Crippen LogP contribution is -2.32. The van der Waals surface area contributed by atoms with Crippen molar-refractivity contribution in [2.75, 3.05) is 25.6 Å². The van der Waals surface area contributed by atoms with Gasteiger partial charge in [-0.15, -0.1) is 11.6 Å². The molecule has 0 fully saturated rings. The topological polar surface area (TPSA) is 29.5 Å². The fraction of sp³-hybridized carbons (Fsp3) is 0.533. The van der Waals surface area contributed by atoms with Gasteiger partial charge in [0, 0.05) is 24.5 Å². The second-order valence-electron chi connectivity index (χ2n) is 4.30. The number of carbonyl (C=O) groups excluding carboxylic acids is 1. The number of nitrogens with zero attached hydrogens (tertiary/aromatic N) is 1. The number of rotatable bonds is 8. The monoisotopic (exact) mass is 283 g/mol. The molecule has 0 saturated carbocycles. The summed E-state index contributed by atoms with van der Waals surface area (Å²) in [6.45, 7) is 6.08. The number of alkyl halides is 1. The smallest absolute Gasteiger partial charge is 0.253 e. The van der Waals surface area contributed by atoms with Crippen molar-refractivity contribution in [2.45, 2.75) is 26.7 Å². The molecule has 1 aromatic rings. The molecule has 0 saturated heterocycles. The minimum absolute atomic E-state index is 0.0366. The van der Waals surface area contributed by atoms with Crippen molar-refractivity contribution in [3.8, 4) is 5.75 Å². The Morgan fingerprint density at radius 2 is 2.16 bits per heavy atom. The van der Waals surface area contributed by atoms with Gasteiger partial charge < -0.3 is 9.64 Å². The highest BCUT2D eigenvalue weighted by Crippen LogP contribution is 2.15. The first kappa shape index (κ1) is 15.8. The maximum absolute atomic E-state index is 12.3. The van der Waals surface area contributed by atoms with E-state index in [4.69, 9.17) is 16.3 Å². The quantitative estimate of drug-likeness (QED) is 0.683. The highest BCUT2D eigenvalue weighted by molar-refractivity contribution is 6.17. The number of hydrogen-bond acceptors (Lipinski definition) is 2. The number of halogens is 1. The summed E-state index contributed by atoms with van der Waals surface area (Å²) in [5.74, 6) is 1.36. The normalized spacial score (nSPS) is 10.3. The van der Waals surface area contributed by atoms with Crippen LogP contribution in [0.1, 0.15) is 37.0 Å². The average Bonchev–Trinajstić information content (AvgIpc) is 2.46. The molecule has 19 heavy (non-hydrogen) atoms. The van der Waals surface area contributed by atoms with E-state index in [0.29, 0.717) is 31.1 Å². The molecule has 106 valence electrons. The van der Waals surface area contributed by atoms with Crippen molar-refractivity contribution in [1.29, 1.82) is 0 Å². The van der Waals surface area contributed by atoms with Crippen molar-refractivity contribution < 1.29 is 9.53 Å². The summed E-state index contributed by atoms with van der Waals surface area (Å²) in [5.41, 5.74) is 0.671. The van der Waals surface area contributed by atoms with Crippen LogP contribution in [0, 0.1) is 0 Å². The summed E-state index contributed by atoms with van der Waals surface area (Å²) in [4.78, 5) is 14.1. The highest BCUT2D eigenvalue weighted by Gasteiger charge is 2.14. The van der Waals surface area contributed by atoms with E-state index < -0.39 is 0 Å². The van der Waals surface area contributed by atoms with Gasteiger partial charge >= 0.3 is 0 Å². The number of hydrogen-bond donors (Lipinski definition) is 0. The standard InChI is InChI=1S/C15H22ClNO2/c1-3-11-19-14-8-5-7-13(12-14)15(18)17(4-2)10-6-9-16/h5,7-8,12H,3-4,6,9-11H2,1-2H3. The molecule has 0 aliphatic rings. The lowest BCUT2D eigenvalue weighted by molar-refractivity contribution is 0.0764. The molecule has 0 spiro atoms. The average molecular weight is 284 g/mol. The van der Waals surface area contributed by atoms with Gasteiger partial charge in [0.15, 0.2) is 0 Å². The minimum Gasteiger partial charge on any atom is -0.494 e. The molecular weight excluding hydrogens is 262 g/mol. The molecular formula is C15H22ClNO2. The Kier molecular flexibility index (Phi) is 7.34. The third-order valence-corrected chi connectivity index (χ3v) is 3.05. The van der Waals surface area contributed by atoms with Crippen LogP contribution in [0.3, 0.4) is 0 Å². The Hall–Kier alpha value is -1.22. The molecule has 0 N–H and O–H groups in total. The number of benzene rings is 1. The van der Waals surface area contributed by atoms with Gasteiger partial charge in [0.2, 0.25) is 0 Å². The van der Waals surface area contributed by atoms with Gasteiger partial charge in [-0.2, -0.15) is 0 Å². The molecule has 0 aliphatic carbocycles. The maximum Gasteiger partial charge on any atom is 0.253 e. The Morgan fingerprint density at radius 3 is 2.79 bits per heavy atom. The van der Waals surface area contributed by atoms with Gasteiger partial charge in [-0.1, -0.05) is 13.0 Å². The summed E-state index contributed by atoms with van der Waals surface area (Å²) in [5, 5.41) is 0. The third kappa shape index (κ3) is 5.11. The second-order valence-corrected chi connectivity index (χ2v) is 4.68. The van der Waals surface area contributed by atoms with Crippen molar-refractivity contribution in [3.63, 3.8) is 0 Å². The first-order valence-electron chi connectivity index (χ1n) is 6.81. The van der Waals surface area contributed by atoms with Crippen LogP contribution < -0.4 is 4.74 Å². The Labute approximate surface area is 120 Å². The van der Waals surface area contributed by atoms with Crippen LogP contribution in [0.25, 0.3) is 0 Å². The van der Waals surface area contributed by atoms with Gasteiger partial charge in [0.25, 0.3) is 5.91 Å². The summed E-state index contributed by atoms with van der Waals surface area (Å²) >= 11 is 5.68. The van der Waals surface area contributed by atoms with E-state index in [-0.39, 0.29) is 5.91 Å². The Bertz CT molecular complexity index is 395. The van der Waals surface area contributed by atoms with Crippen LogP contribution >= 0.6 is 11.6 Å². The number of carbonyl (C=O) groups is 1. The van der Waals surface area contributed by atoms with Crippen molar-refractivity contribution in [2.24, 2.45) is 0 Å². The fourth-order valence-corrected chi connectivity index (χ4v) is 1.89. The van der Waals surface area contributed by atoms with Crippen LogP contribution in [-0.2, 0) is 0 Å². The van der Waals surface area contributed by atoms with Gasteiger partial charge in [-0.3, -0.25) is 4.79 Å². The summed E-state index contributed by atoms with van der Waals surface area (Å²) in [6.07, 6.45) is 1.77. The second kappa shape index (κ2) is 8.81. The van der Waals surface area contributed by atoms with E-state index in [0.717, 1.165) is 18.6 Å². The molecule has 1 amide bonds. The minimum atomic E-state index is 0.0366. The molecule has 0 radical (unpaired) electrons. The predicted octanol–water partition coefficient (Wildman–Crippen LogP) is 3.57. The zero-order chi connectivity index (χ0) is 14.1. The maximum atomic E-state index is 12.3. The van der Waals surface area contributed by atoms with E-state index in [1.807, 2.05) is 25.1 Å². The highest BCUT2D eigenvalue weighted by atomic mass is 35.5. The Morgan fingerprint density at radius 1 is 1.37 bits per heavy atom. The molecule has 0 bridgehead atoms. The van der Waals surface area contributed by atoms with Gasteiger partial charge in [0.05, 0.1) is 6.61 Å². The lowest BCUT2D eigenvalue weighted by atomic mass is 10.2. The summed E-state index contributed by atoms with van der Waals surface area (Å²) in [6, 6.07) is 7.36. The molecule has 0 heterocycles. The van der Waals surface area contributed by atoms with Gasteiger partial charge in [-0.05, 0) is 38.0 Å². The fourth-order valence-electron chi connectivity index (χ4n) is 1.78.